The van der Waals surface area contributed by atoms with Gasteiger partial charge in [-0.2, -0.15) is 0 Å². The maximum Gasteiger partial charge on any atom is 0.226 e. The number of anilines is 2. The van der Waals surface area contributed by atoms with E-state index < -0.39 is 0 Å². The van der Waals surface area contributed by atoms with Crippen LogP contribution in [0.3, 0.4) is 0 Å². The Bertz CT molecular complexity index is 995. The Morgan fingerprint density at radius 1 is 1.00 bits per heavy atom. The van der Waals surface area contributed by atoms with E-state index in [2.05, 4.69) is 39.9 Å². The highest BCUT2D eigenvalue weighted by Crippen LogP contribution is 2.25. The lowest BCUT2D eigenvalue weighted by Gasteiger charge is -2.12. The first-order chi connectivity index (χ1) is 14.4. The lowest BCUT2D eigenvalue weighted by atomic mass is 10.1. The van der Waals surface area contributed by atoms with Crippen LogP contribution >= 0.6 is 11.3 Å². The van der Waals surface area contributed by atoms with Gasteiger partial charge in [-0.05, 0) is 29.7 Å². The van der Waals surface area contributed by atoms with Gasteiger partial charge in [0.05, 0.1) is 5.69 Å². The molecule has 0 aliphatic heterocycles. The highest BCUT2D eigenvalue weighted by molar-refractivity contribution is 7.14. The third-order valence-corrected chi connectivity index (χ3v) is 5.39. The van der Waals surface area contributed by atoms with E-state index in [1.807, 2.05) is 48.6 Å². The van der Waals surface area contributed by atoms with Gasteiger partial charge in [0.15, 0.2) is 5.13 Å². The van der Waals surface area contributed by atoms with E-state index >= 15 is 0 Å². The SMILES string of the molecule is CC(=O)NCc1ccc(-c2csc(NC(=O)CCc3ccc(N(C)C)cc3)n2)cc1. The molecule has 30 heavy (non-hydrogen) atoms. The maximum absolute atomic E-state index is 12.3. The summed E-state index contributed by atoms with van der Waals surface area (Å²) in [6.45, 7) is 2.01. The summed E-state index contributed by atoms with van der Waals surface area (Å²) in [5.74, 6) is -0.0946. The van der Waals surface area contributed by atoms with Gasteiger partial charge in [-0.25, -0.2) is 4.98 Å². The summed E-state index contributed by atoms with van der Waals surface area (Å²) < 4.78 is 0. The molecule has 2 aromatic carbocycles. The van der Waals surface area contributed by atoms with Crippen molar-refractivity contribution in [2.75, 3.05) is 24.3 Å². The predicted molar refractivity (Wildman–Crippen MR) is 123 cm³/mol. The van der Waals surface area contributed by atoms with Crippen LogP contribution in [0.4, 0.5) is 10.8 Å². The molecule has 3 rings (SSSR count). The number of rotatable bonds is 8. The van der Waals surface area contributed by atoms with Gasteiger partial charge >= 0.3 is 0 Å². The number of nitrogens with zero attached hydrogens (tertiary/aromatic N) is 2. The van der Waals surface area contributed by atoms with Crippen LogP contribution in [0.15, 0.2) is 53.9 Å². The first kappa shape index (κ1) is 21.5. The van der Waals surface area contributed by atoms with Crippen molar-refractivity contribution in [1.29, 1.82) is 0 Å². The van der Waals surface area contributed by atoms with E-state index in [9.17, 15) is 9.59 Å². The monoisotopic (exact) mass is 422 g/mol. The van der Waals surface area contributed by atoms with Gasteiger partial charge in [-0.1, -0.05) is 36.4 Å². The van der Waals surface area contributed by atoms with Crippen LogP contribution in [-0.2, 0) is 22.6 Å². The first-order valence-corrected chi connectivity index (χ1v) is 10.6. The Morgan fingerprint density at radius 2 is 1.67 bits per heavy atom. The third kappa shape index (κ3) is 6.15. The van der Waals surface area contributed by atoms with E-state index in [4.69, 9.17) is 0 Å². The van der Waals surface area contributed by atoms with Crippen LogP contribution in [0.25, 0.3) is 11.3 Å². The fourth-order valence-electron chi connectivity index (χ4n) is 2.88. The molecule has 0 unspecified atom stereocenters. The van der Waals surface area contributed by atoms with Gasteiger partial charge in [0, 0.05) is 50.6 Å². The van der Waals surface area contributed by atoms with Crippen LogP contribution in [0.1, 0.15) is 24.5 Å². The number of aryl methyl sites for hydroxylation is 1. The van der Waals surface area contributed by atoms with Crippen LogP contribution < -0.4 is 15.5 Å². The fourth-order valence-corrected chi connectivity index (χ4v) is 3.62. The van der Waals surface area contributed by atoms with Gasteiger partial charge in [0.2, 0.25) is 11.8 Å². The number of hydrogen-bond acceptors (Lipinski definition) is 5. The maximum atomic E-state index is 12.3. The van der Waals surface area contributed by atoms with Gasteiger partial charge < -0.3 is 15.5 Å². The van der Waals surface area contributed by atoms with Crippen molar-refractivity contribution in [1.82, 2.24) is 10.3 Å². The number of aromatic nitrogens is 1. The summed E-state index contributed by atoms with van der Waals surface area (Å²) in [7, 11) is 4.01. The minimum absolute atomic E-state index is 0.0433. The van der Waals surface area contributed by atoms with Crippen molar-refractivity contribution in [3.05, 3.63) is 65.0 Å². The smallest absolute Gasteiger partial charge is 0.226 e. The number of carbonyl (C=O) groups excluding carboxylic acids is 2. The van der Waals surface area contributed by atoms with Crippen LogP contribution in [0, 0.1) is 0 Å². The molecule has 3 aromatic rings. The molecule has 156 valence electrons. The molecule has 0 saturated carbocycles. The molecule has 0 atom stereocenters. The van der Waals surface area contributed by atoms with Crippen molar-refractivity contribution in [2.45, 2.75) is 26.3 Å². The van der Waals surface area contributed by atoms with Crippen molar-refractivity contribution < 1.29 is 9.59 Å². The number of nitrogens with one attached hydrogen (secondary N) is 2. The molecule has 2 N–H and O–H groups in total. The molecule has 0 aliphatic rings. The van der Waals surface area contributed by atoms with Gasteiger partial charge in [-0.15, -0.1) is 11.3 Å². The van der Waals surface area contributed by atoms with E-state index in [1.165, 1.54) is 18.3 Å². The van der Waals surface area contributed by atoms with E-state index in [0.29, 0.717) is 24.5 Å². The van der Waals surface area contributed by atoms with Gasteiger partial charge in [-0.3, -0.25) is 9.59 Å². The van der Waals surface area contributed by atoms with E-state index in [-0.39, 0.29) is 11.8 Å². The lowest BCUT2D eigenvalue weighted by molar-refractivity contribution is -0.119. The summed E-state index contributed by atoms with van der Waals surface area (Å²) in [6, 6.07) is 16.1. The van der Waals surface area contributed by atoms with Crippen molar-refractivity contribution in [2.24, 2.45) is 0 Å². The molecule has 0 radical (unpaired) electrons. The molecule has 0 saturated heterocycles. The van der Waals surface area contributed by atoms with Crippen molar-refractivity contribution in [3.8, 4) is 11.3 Å². The molecule has 2 amide bonds. The Hall–Kier alpha value is -3.19. The van der Waals surface area contributed by atoms with Crippen molar-refractivity contribution in [3.63, 3.8) is 0 Å². The molecule has 0 bridgehead atoms. The summed E-state index contributed by atoms with van der Waals surface area (Å²) in [5, 5.41) is 8.19. The van der Waals surface area contributed by atoms with Crippen LogP contribution in [0.5, 0.6) is 0 Å². The first-order valence-electron chi connectivity index (χ1n) is 9.76. The minimum atomic E-state index is -0.0514. The Kier molecular flexibility index (Phi) is 7.19. The molecular formula is C23H26N4O2S. The van der Waals surface area contributed by atoms with E-state index in [0.717, 1.165) is 28.1 Å². The average Bonchev–Trinajstić information content (AvgIpc) is 3.19. The lowest BCUT2D eigenvalue weighted by Crippen LogP contribution is -2.18. The van der Waals surface area contributed by atoms with Crippen LogP contribution in [0.2, 0.25) is 0 Å². The average molecular weight is 423 g/mol. The number of amides is 2. The predicted octanol–water partition coefficient (Wildman–Crippen LogP) is 4.08. The second kappa shape index (κ2) is 10.0. The molecule has 0 spiro atoms. The second-order valence-corrected chi connectivity index (χ2v) is 8.11. The molecule has 1 heterocycles. The zero-order valence-corrected chi connectivity index (χ0v) is 18.3. The summed E-state index contributed by atoms with van der Waals surface area (Å²) >= 11 is 1.41. The number of hydrogen-bond donors (Lipinski definition) is 2. The number of benzene rings is 2. The molecule has 7 heteroatoms. The van der Waals surface area contributed by atoms with Gasteiger partial charge in [0.25, 0.3) is 0 Å². The normalized spacial score (nSPS) is 10.5. The molecule has 1 aromatic heterocycles. The zero-order chi connectivity index (χ0) is 21.5. The summed E-state index contributed by atoms with van der Waals surface area (Å²) in [6.07, 6.45) is 1.10. The quantitative estimate of drug-likeness (QED) is 0.574. The fraction of sp³-hybridized carbons (Fsp3) is 0.261. The Labute approximate surface area is 181 Å². The standard InChI is InChI=1S/C23H26N4O2S/c1-16(28)24-14-18-4-9-19(10-5-18)21-15-30-23(25-21)26-22(29)13-8-17-6-11-20(12-7-17)27(2)3/h4-7,9-12,15H,8,13-14H2,1-3H3,(H,24,28)(H,25,26,29). The summed E-state index contributed by atoms with van der Waals surface area (Å²) in [5.41, 5.74) is 5.09. The zero-order valence-electron chi connectivity index (χ0n) is 17.4. The topological polar surface area (TPSA) is 74.3 Å². The molecular weight excluding hydrogens is 396 g/mol. The number of thiazole rings is 1. The molecule has 0 aliphatic carbocycles. The Morgan fingerprint density at radius 3 is 2.30 bits per heavy atom. The highest BCUT2D eigenvalue weighted by Gasteiger charge is 2.09. The Balaban J connectivity index is 1.52. The molecule has 0 fully saturated rings. The molecule has 6 nitrogen and oxygen atoms in total. The second-order valence-electron chi connectivity index (χ2n) is 7.25. The number of carbonyl (C=O) groups is 2. The summed E-state index contributed by atoms with van der Waals surface area (Å²) in [4.78, 5) is 29.9. The third-order valence-electron chi connectivity index (χ3n) is 4.64. The van der Waals surface area contributed by atoms with Crippen molar-refractivity contribution >= 4 is 34.0 Å². The highest BCUT2D eigenvalue weighted by atomic mass is 32.1. The largest absolute Gasteiger partial charge is 0.378 e. The van der Waals surface area contributed by atoms with Gasteiger partial charge in [0.1, 0.15) is 0 Å². The van der Waals surface area contributed by atoms with Crippen LogP contribution in [-0.4, -0.2) is 30.9 Å². The minimum Gasteiger partial charge on any atom is -0.378 e. The van der Waals surface area contributed by atoms with E-state index in [1.54, 1.807) is 0 Å².